The molecule has 0 atom stereocenters. The zero-order valence-corrected chi connectivity index (χ0v) is 13.9. The summed E-state index contributed by atoms with van der Waals surface area (Å²) in [5.41, 5.74) is -0.935. The number of carbonyl (C=O) groups is 1. The highest BCUT2D eigenvalue weighted by Gasteiger charge is 2.13. The molecule has 6 nitrogen and oxygen atoms in total. The molecule has 3 aromatic rings. The average Bonchev–Trinajstić information content (AvgIpc) is 2.88. The van der Waals surface area contributed by atoms with Gasteiger partial charge in [0.2, 0.25) is 5.91 Å². The molecule has 1 aromatic carbocycles. The Hall–Kier alpha value is -2.45. The third-order valence-electron chi connectivity index (χ3n) is 3.30. The van der Waals surface area contributed by atoms with Crippen molar-refractivity contribution in [3.8, 4) is 0 Å². The average molecular weight is 368 g/mol. The van der Waals surface area contributed by atoms with Crippen molar-refractivity contribution >= 4 is 44.7 Å². The van der Waals surface area contributed by atoms with Gasteiger partial charge in [0.1, 0.15) is 17.2 Å². The van der Waals surface area contributed by atoms with Crippen LogP contribution in [0.1, 0.15) is 4.88 Å². The quantitative estimate of drug-likeness (QED) is 0.746. The fourth-order valence-corrected chi connectivity index (χ4v) is 3.30. The summed E-state index contributed by atoms with van der Waals surface area (Å²) >= 11 is 6.93. The van der Waals surface area contributed by atoms with E-state index in [9.17, 15) is 18.8 Å². The Morgan fingerprint density at radius 1 is 1.38 bits per heavy atom. The molecule has 0 aliphatic rings. The summed E-state index contributed by atoms with van der Waals surface area (Å²) in [6.45, 7) is 1.35. The lowest BCUT2D eigenvalue weighted by molar-refractivity contribution is -0.116. The van der Waals surface area contributed by atoms with Crippen molar-refractivity contribution in [3.05, 3.63) is 60.8 Å². The van der Waals surface area contributed by atoms with E-state index in [1.165, 1.54) is 23.5 Å². The lowest BCUT2D eigenvalue weighted by atomic mass is 10.3. The number of thiophene rings is 1. The molecule has 0 spiro atoms. The van der Waals surface area contributed by atoms with Gasteiger partial charge in [-0.25, -0.2) is 9.18 Å². The third kappa shape index (κ3) is 3.10. The van der Waals surface area contributed by atoms with Crippen molar-refractivity contribution in [2.24, 2.45) is 0 Å². The number of benzene rings is 1. The van der Waals surface area contributed by atoms with Gasteiger partial charge in [0.25, 0.3) is 5.56 Å². The van der Waals surface area contributed by atoms with Gasteiger partial charge in [-0.2, -0.15) is 0 Å². The van der Waals surface area contributed by atoms with Gasteiger partial charge in [0, 0.05) is 10.6 Å². The Bertz CT molecular complexity index is 1070. The molecule has 2 aromatic heterocycles. The summed E-state index contributed by atoms with van der Waals surface area (Å²) in [5.74, 6) is -1.21. The predicted octanol–water partition coefficient (Wildman–Crippen LogP) is 2.49. The number of halogens is 2. The Balaban J connectivity index is 1.89. The largest absolute Gasteiger partial charge is 0.329 e. The Morgan fingerprint density at radius 2 is 2.12 bits per heavy atom. The number of hydrogen-bond acceptors (Lipinski definition) is 4. The van der Waals surface area contributed by atoms with E-state index in [0.717, 1.165) is 15.5 Å². The molecule has 1 amide bonds. The molecule has 0 saturated heterocycles. The van der Waals surface area contributed by atoms with Crippen molar-refractivity contribution in [1.82, 2.24) is 9.55 Å². The van der Waals surface area contributed by atoms with Crippen LogP contribution in [-0.2, 0) is 11.3 Å². The Labute approximate surface area is 143 Å². The first-order valence-corrected chi connectivity index (χ1v) is 8.03. The van der Waals surface area contributed by atoms with E-state index in [1.807, 2.05) is 6.92 Å². The van der Waals surface area contributed by atoms with Crippen LogP contribution in [0.2, 0.25) is 5.02 Å². The minimum atomic E-state index is -0.665. The molecule has 0 fully saturated rings. The van der Waals surface area contributed by atoms with Crippen LogP contribution in [0.25, 0.3) is 10.2 Å². The van der Waals surface area contributed by atoms with Gasteiger partial charge < -0.3 is 5.32 Å². The zero-order chi connectivity index (χ0) is 17.4. The molecule has 0 radical (unpaired) electrons. The number of fused-ring (bicyclic) bond motifs is 1. The van der Waals surface area contributed by atoms with Gasteiger partial charge in [0.15, 0.2) is 0 Å². The van der Waals surface area contributed by atoms with E-state index in [0.29, 0.717) is 10.2 Å². The summed E-state index contributed by atoms with van der Waals surface area (Å²) in [5, 5.41) is 2.68. The number of nitrogens with one attached hydrogen (secondary N) is 2. The second kappa shape index (κ2) is 6.21. The summed E-state index contributed by atoms with van der Waals surface area (Å²) in [4.78, 5) is 40.4. The smallest absolute Gasteiger partial charge is 0.324 e. The van der Waals surface area contributed by atoms with E-state index in [1.54, 1.807) is 6.07 Å². The maximum Gasteiger partial charge on any atom is 0.329 e. The molecule has 2 N–H and O–H groups in total. The number of amides is 1. The number of carbonyl (C=O) groups excluding carboxylic acids is 1. The molecule has 3 rings (SSSR count). The highest BCUT2D eigenvalue weighted by atomic mass is 35.5. The van der Waals surface area contributed by atoms with Crippen LogP contribution < -0.4 is 16.6 Å². The highest BCUT2D eigenvalue weighted by molar-refractivity contribution is 7.18. The number of anilines is 1. The SMILES string of the molecule is Cc1cc2c(=O)n(CC(=O)Nc3ccc(F)c(Cl)c3)c(=O)[nH]c2s1. The monoisotopic (exact) mass is 367 g/mol. The second-order valence-electron chi connectivity index (χ2n) is 5.10. The number of hydrogen-bond donors (Lipinski definition) is 2. The third-order valence-corrected chi connectivity index (χ3v) is 4.56. The van der Waals surface area contributed by atoms with Crippen LogP contribution in [-0.4, -0.2) is 15.5 Å². The van der Waals surface area contributed by atoms with Crippen LogP contribution in [0.3, 0.4) is 0 Å². The molecule has 9 heteroatoms. The maximum absolute atomic E-state index is 13.1. The van der Waals surface area contributed by atoms with Gasteiger partial charge in [-0.15, -0.1) is 11.3 Å². The number of aromatic amines is 1. The molecule has 2 heterocycles. The summed E-state index contributed by atoms with van der Waals surface area (Å²) < 4.78 is 13.9. The van der Waals surface area contributed by atoms with E-state index in [4.69, 9.17) is 11.6 Å². The molecular formula is C15H11ClFN3O3S. The maximum atomic E-state index is 13.1. The number of H-pyrrole nitrogens is 1. The van der Waals surface area contributed by atoms with Crippen molar-refractivity contribution in [2.45, 2.75) is 13.5 Å². The van der Waals surface area contributed by atoms with Crippen LogP contribution in [0.5, 0.6) is 0 Å². The summed E-state index contributed by atoms with van der Waals surface area (Å²) in [7, 11) is 0. The predicted molar refractivity (Wildman–Crippen MR) is 91.5 cm³/mol. The Kier molecular flexibility index (Phi) is 4.25. The Morgan fingerprint density at radius 3 is 2.83 bits per heavy atom. The first kappa shape index (κ1) is 16.4. The molecule has 0 aliphatic heterocycles. The van der Waals surface area contributed by atoms with Crippen molar-refractivity contribution in [2.75, 3.05) is 5.32 Å². The first-order chi connectivity index (χ1) is 11.3. The molecule has 0 aliphatic carbocycles. The summed E-state index contributed by atoms with van der Waals surface area (Å²) in [6.07, 6.45) is 0. The van der Waals surface area contributed by atoms with E-state index in [2.05, 4.69) is 10.3 Å². The number of aromatic nitrogens is 2. The van der Waals surface area contributed by atoms with Crippen LogP contribution in [0, 0.1) is 12.7 Å². The minimum absolute atomic E-state index is 0.141. The first-order valence-electron chi connectivity index (χ1n) is 6.83. The normalized spacial score (nSPS) is 11.0. The molecule has 0 bridgehead atoms. The minimum Gasteiger partial charge on any atom is -0.324 e. The van der Waals surface area contributed by atoms with Crippen LogP contribution in [0.4, 0.5) is 10.1 Å². The van der Waals surface area contributed by atoms with Gasteiger partial charge in [-0.3, -0.25) is 19.1 Å². The van der Waals surface area contributed by atoms with E-state index in [-0.39, 0.29) is 10.7 Å². The van der Waals surface area contributed by atoms with Gasteiger partial charge in [-0.1, -0.05) is 11.6 Å². The van der Waals surface area contributed by atoms with Crippen molar-refractivity contribution in [1.29, 1.82) is 0 Å². The van der Waals surface area contributed by atoms with Crippen LogP contribution >= 0.6 is 22.9 Å². The standard InChI is InChI=1S/C15H11ClFN3O3S/c1-7-4-9-13(24-7)19-15(23)20(14(9)22)6-12(21)18-8-2-3-11(17)10(16)5-8/h2-5H,6H2,1H3,(H,18,21)(H,19,23). The van der Waals surface area contributed by atoms with Gasteiger partial charge >= 0.3 is 5.69 Å². The second-order valence-corrected chi connectivity index (χ2v) is 6.76. The number of nitrogens with zero attached hydrogens (tertiary/aromatic N) is 1. The van der Waals surface area contributed by atoms with E-state index < -0.39 is 29.5 Å². The highest BCUT2D eigenvalue weighted by Crippen LogP contribution is 2.20. The number of rotatable bonds is 3. The van der Waals surface area contributed by atoms with Crippen molar-refractivity contribution < 1.29 is 9.18 Å². The number of aryl methyl sites for hydroxylation is 1. The van der Waals surface area contributed by atoms with Gasteiger partial charge in [0.05, 0.1) is 10.4 Å². The lowest BCUT2D eigenvalue weighted by Gasteiger charge is -2.07. The zero-order valence-electron chi connectivity index (χ0n) is 12.4. The molecule has 124 valence electrons. The fraction of sp³-hybridized carbons (Fsp3) is 0.133. The topological polar surface area (TPSA) is 84.0 Å². The summed E-state index contributed by atoms with van der Waals surface area (Å²) in [6, 6.07) is 5.34. The van der Waals surface area contributed by atoms with Gasteiger partial charge in [-0.05, 0) is 31.2 Å². The van der Waals surface area contributed by atoms with Crippen LogP contribution in [0.15, 0.2) is 33.9 Å². The molecule has 24 heavy (non-hydrogen) atoms. The lowest BCUT2D eigenvalue weighted by Crippen LogP contribution is -2.38. The van der Waals surface area contributed by atoms with Crippen molar-refractivity contribution in [3.63, 3.8) is 0 Å². The fourth-order valence-electron chi connectivity index (χ4n) is 2.23. The van der Waals surface area contributed by atoms with E-state index >= 15 is 0 Å². The molecule has 0 saturated carbocycles. The molecule has 0 unspecified atom stereocenters. The molecular weight excluding hydrogens is 357 g/mol.